The highest BCUT2D eigenvalue weighted by Crippen LogP contribution is 2.23. The van der Waals surface area contributed by atoms with E-state index in [1.54, 1.807) is 6.20 Å². The number of carboxylic acid groups (broad SMARTS) is 1. The van der Waals surface area contributed by atoms with Gasteiger partial charge in [0, 0.05) is 30.1 Å². The average Bonchev–Trinajstić information content (AvgIpc) is 3.54. The number of hydrogen-bond acceptors (Lipinski definition) is 6. The van der Waals surface area contributed by atoms with Crippen LogP contribution in [0.5, 0.6) is 0 Å². The molecule has 38 heavy (non-hydrogen) atoms. The van der Waals surface area contributed by atoms with Crippen LogP contribution in [0.4, 0.5) is 0 Å². The van der Waals surface area contributed by atoms with E-state index >= 15 is 0 Å². The van der Waals surface area contributed by atoms with E-state index in [1.807, 2.05) is 38.1 Å². The SMILES string of the molecule is CCC(C)C(N)C(=O)NC(Cc1c[nH]c2ccccc12)C(=O)N1CCCC1C(=O)NC(CC(N)=O)C(=O)O. The minimum Gasteiger partial charge on any atom is -0.480 e. The van der Waals surface area contributed by atoms with E-state index in [1.165, 1.54) is 4.90 Å². The van der Waals surface area contributed by atoms with Crippen LogP contribution in [0, 0.1) is 5.92 Å². The molecule has 8 N–H and O–H groups in total. The monoisotopic (exact) mass is 528 g/mol. The van der Waals surface area contributed by atoms with Crippen LogP contribution < -0.4 is 22.1 Å². The Bertz CT molecular complexity index is 1200. The Morgan fingerprint density at radius 2 is 1.87 bits per heavy atom. The number of hydrogen-bond donors (Lipinski definition) is 6. The lowest BCUT2D eigenvalue weighted by Gasteiger charge is -2.30. The van der Waals surface area contributed by atoms with Crippen molar-refractivity contribution >= 4 is 40.5 Å². The molecular formula is C26H36N6O6. The number of carbonyl (C=O) groups is 5. The number of aromatic nitrogens is 1. The van der Waals surface area contributed by atoms with Gasteiger partial charge in [0.25, 0.3) is 0 Å². The van der Waals surface area contributed by atoms with Gasteiger partial charge in [0.05, 0.1) is 12.5 Å². The second-order valence-electron chi connectivity index (χ2n) is 9.80. The van der Waals surface area contributed by atoms with Crippen molar-refractivity contribution in [3.63, 3.8) is 0 Å². The molecule has 1 aliphatic heterocycles. The summed E-state index contributed by atoms with van der Waals surface area (Å²) in [6.07, 6.45) is 2.86. The second-order valence-corrected chi connectivity index (χ2v) is 9.80. The van der Waals surface area contributed by atoms with Crippen LogP contribution in [0.2, 0.25) is 0 Å². The molecule has 3 rings (SSSR count). The van der Waals surface area contributed by atoms with Crippen molar-refractivity contribution in [2.24, 2.45) is 17.4 Å². The zero-order chi connectivity index (χ0) is 28.0. The quantitative estimate of drug-likeness (QED) is 0.222. The average molecular weight is 529 g/mol. The molecule has 2 heterocycles. The van der Waals surface area contributed by atoms with E-state index in [-0.39, 0.29) is 18.9 Å². The summed E-state index contributed by atoms with van der Waals surface area (Å²) in [6, 6.07) is 3.28. The molecule has 0 aliphatic carbocycles. The molecule has 0 spiro atoms. The van der Waals surface area contributed by atoms with Crippen LogP contribution in [0.1, 0.15) is 45.1 Å². The number of nitrogens with two attached hydrogens (primary N) is 2. The van der Waals surface area contributed by atoms with E-state index in [0.29, 0.717) is 19.3 Å². The van der Waals surface area contributed by atoms with Crippen molar-refractivity contribution in [3.05, 3.63) is 36.0 Å². The maximum atomic E-state index is 13.8. The second kappa shape index (κ2) is 12.5. The Morgan fingerprint density at radius 3 is 2.53 bits per heavy atom. The molecule has 12 heteroatoms. The normalized spacial score (nSPS) is 18.4. The molecule has 1 saturated heterocycles. The number of fused-ring (bicyclic) bond motifs is 1. The molecule has 5 unspecified atom stereocenters. The van der Waals surface area contributed by atoms with Crippen molar-refractivity contribution in [1.29, 1.82) is 0 Å². The molecule has 4 amide bonds. The molecule has 1 aromatic heterocycles. The number of aromatic amines is 1. The number of carboxylic acids is 1. The molecule has 0 saturated carbocycles. The zero-order valence-corrected chi connectivity index (χ0v) is 21.6. The number of aliphatic carboxylic acids is 1. The maximum Gasteiger partial charge on any atom is 0.326 e. The highest BCUT2D eigenvalue weighted by atomic mass is 16.4. The van der Waals surface area contributed by atoms with Gasteiger partial charge >= 0.3 is 5.97 Å². The van der Waals surface area contributed by atoms with Gasteiger partial charge in [0.2, 0.25) is 23.6 Å². The lowest BCUT2D eigenvalue weighted by molar-refractivity contribution is -0.145. The first kappa shape index (κ1) is 28.6. The van der Waals surface area contributed by atoms with Gasteiger partial charge in [-0.3, -0.25) is 19.2 Å². The molecule has 2 aromatic rings. The van der Waals surface area contributed by atoms with Crippen molar-refractivity contribution in [3.8, 4) is 0 Å². The van der Waals surface area contributed by atoms with E-state index in [9.17, 15) is 29.1 Å². The van der Waals surface area contributed by atoms with E-state index < -0.39 is 60.2 Å². The zero-order valence-electron chi connectivity index (χ0n) is 21.6. The first-order chi connectivity index (χ1) is 18.0. The first-order valence-electron chi connectivity index (χ1n) is 12.8. The summed E-state index contributed by atoms with van der Waals surface area (Å²) < 4.78 is 0. The molecular weight excluding hydrogens is 492 g/mol. The summed E-state index contributed by atoms with van der Waals surface area (Å²) in [5, 5.41) is 15.4. The van der Waals surface area contributed by atoms with Crippen LogP contribution in [0.25, 0.3) is 10.9 Å². The predicted octanol–water partition coefficient (Wildman–Crippen LogP) is 0.00440. The summed E-state index contributed by atoms with van der Waals surface area (Å²) in [5.41, 5.74) is 12.9. The topological polar surface area (TPSA) is 201 Å². The highest BCUT2D eigenvalue weighted by Gasteiger charge is 2.39. The summed E-state index contributed by atoms with van der Waals surface area (Å²) >= 11 is 0. The number of para-hydroxylation sites is 1. The Hall–Kier alpha value is -3.93. The first-order valence-corrected chi connectivity index (χ1v) is 12.8. The van der Waals surface area contributed by atoms with Crippen LogP contribution in [0.3, 0.4) is 0 Å². The van der Waals surface area contributed by atoms with Gasteiger partial charge in [-0.25, -0.2) is 4.79 Å². The van der Waals surface area contributed by atoms with Gasteiger partial charge in [-0.05, 0) is 30.4 Å². The molecule has 0 bridgehead atoms. The molecule has 1 aromatic carbocycles. The number of amides is 4. The number of carbonyl (C=O) groups excluding carboxylic acids is 4. The minimum atomic E-state index is -1.51. The Labute approximate surface area is 220 Å². The number of nitrogens with zero attached hydrogens (tertiary/aromatic N) is 1. The number of rotatable bonds is 12. The fourth-order valence-electron chi connectivity index (χ4n) is 4.67. The van der Waals surface area contributed by atoms with Gasteiger partial charge in [0.1, 0.15) is 18.1 Å². The molecule has 1 fully saturated rings. The number of likely N-dealkylation sites (tertiary alicyclic amines) is 1. The van der Waals surface area contributed by atoms with E-state index in [2.05, 4.69) is 15.6 Å². The van der Waals surface area contributed by atoms with Gasteiger partial charge in [-0.2, -0.15) is 0 Å². The Kier molecular flexibility index (Phi) is 9.45. The van der Waals surface area contributed by atoms with Crippen LogP contribution >= 0.6 is 0 Å². The van der Waals surface area contributed by atoms with Gasteiger partial charge < -0.3 is 37.1 Å². The van der Waals surface area contributed by atoms with Crippen LogP contribution in [-0.4, -0.2) is 75.3 Å². The van der Waals surface area contributed by atoms with Crippen molar-refractivity contribution in [2.45, 2.75) is 70.1 Å². The highest BCUT2D eigenvalue weighted by molar-refractivity contribution is 5.96. The standard InChI is InChI=1S/C26H36N6O6/c1-3-14(2)22(28)24(35)30-18(11-15-13-29-17-8-5-4-7-16(15)17)25(36)32-10-6-9-20(32)23(34)31-19(26(37)38)12-21(27)33/h4-5,7-8,13-14,18-20,22,29H,3,6,9-12,28H2,1-2H3,(H2,27,33)(H,30,35)(H,31,34)(H,37,38). The fourth-order valence-corrected chi connectivity index (χ4v) is 4.67. The summed E-state index contributed by atoms with van der Waals surface area (Å²) in [7, 11) is 0. The Balaban J connectivity index is 1.85. The molecule has 5 atom stereocenters. The van der Waals surface area contributed by atoms with Gasteiger partial charge in [-0.15, -0.1) is 0 Å². The third-order valence-corrected chi connectivity index (χ3v) is 7.13. The third-order valence-electron chi connectivity index (χ3n) is 7.13. The lowest BCUT2D eigenvalue weighted by atomic mass is 9.98. The fraction of sp³-hybridized carbons (Fsp3) is 0.500. The lowest BCUT2D eigenvalue weighted by Crippen LogP contribution is -2.58. The van der Waals surface area contributed by atoms with Gasteiger partial charge in [0.15, 0.2) is 0 Å². The summed E-state index contributed by atoms with van der Waals surface area (Å²) in [5.74, 6) is -4.03. The van der Waals surface area contributed by atoms with E-state index in [4.69, 9.17) is 11.5 Å². The maximum absolute atomic E-state index is 13.8. The molecule has 206 valence electrons. The predicted molar refractivity (Wildman–Crippen MR) is 139 cm³/mol. The minimum absolute atomic E-state index is 0.109. The molecule has 0 radical (unpaired) electrons. The summed E-state index contributed by atoms with van der Waals surface area (Å²) in [4.78, 5) is 67.1. The van der Waals surface area contributed by atoms with Gasteiger partial charge in [-0.1, -0.05) is 38.5 Å². The van der Waals surface area contributed by atoms with Crippen molar-refractivity contribution in [2.75, 3.05) is 6.54 Å². The summed E-state index contributed by atoms with van der Waals surface area (Å²) in [6.45, 7) is 4.02. The number of H-pyrrole nitrogens is 1. The smallest absolute Gasteiger partial charge is 0.326 e. The van der Waals surface area contributed by atoms with E-state index in [0.717, 1.165) is 16.5 Å². The number of nitrogens with one attached hydrogen (secondary N) is 3. The van der Waals surface area contributed by atoms with Crippen molar-refractivity contribution in [1.82, 2.24) is 20.5 Å². The number of benzene rings is 1. The molecule has 1 aliphatic rings. The van der Waals surface area contributed by atoms with Crippen molar-refractivity contribution < 1.29 is 29.1 Å². The van der Waals surface area contributed by atoms with Crippen LogP contribution in [-0.2, 0) is 30.4 Å². The largest absolute Gasteiger partial charge is 0.480 e. The molecule has 12 nitrogen and oxygen atoms in total. The number of primary amides is 1. The van der Waals surface area contributed by atoms with Crippen LogP contribution in [0.15, 0.2) is 30.5 Å². The Morgan fingerprint density at radius 1 is 1.16 bits per heavy atom. The third kappa shape index (κ3) is 6.68.